The summed E-state index contributed by atoms with van der Waals surface area (Å²) in [5.74, 6) is 1.03. The molecule has 0 N–H and O–H groups in total. The fourth-order valence-electron chi connectivity index (χ4n) is 3.27. The molecule has 1 aromatic carbocycles. The minimum absolute atomic E-state index is 0.157. The number of benzene rings is 1. The number of pyridine rings is 1. The van der Waals surface area contributed by atoms with E-state index in [1.807, 2.05) is 43.5 Å². The molecule has 1 amide bonds. The monoisotopic (exact) mass is 364 g/mol. The molecule has 6 nitrogen and oxygen atoms in total. The molecular weight excluding hydrogens is 340 g/mol. The number of fused-ring (bicyclic) bond motifs is 1. The molecule has 0 unspecified atom stereocenters. The Morgan fingerprint density at radius 2 is 1.93 bits per heavy atom. The van der Waals surface area contributed by atoms with E-state index in [2.05, 4.69) is 9.97 Å². The third-order valence-electron chi connectivity index (χ3n) is 4.68. The molecule has 6 heteroatoms. The first kappa shape index (κ1) is 18.8. The molecule has 2 aromatic heterocycles. The fourth-order valence-corrected chi connectivity index (χ4v) is 3.27. The van der Waals surface area contributed by atoms with Crippen molar-refractivity contribution in [1.82, 2.24) is 19.4 Å². The molecule has 2 heterocycles. The number of aldehydes is 1. The van der Waals surface area contributed by atoms with Crippen LogP contribution in [-0.4, -0.2) is 44.7 Å². The van der Waals surface area contributed by atoms with Crippen molar-refractivity contribution in [2.75, 3.05) is 7.05 Å². The van der Waals surface area contributed by atoms with Gasteiger partial charge in [-0.2, -0.15) is 0 Å². The highest BCUT2D eigenvalue weighted by Gasteiger charge is 2.21. The quantitative estimate of drug-likeness (QED) is 0.629. The number of carbonyl (C=O) groups excluding carboxylic acids is 2. The van der Waals surface area contributed by atoms with E-state index in [0.29, 0.717) is 17.9 Å². The highest BCUT2D eigenvalue weighted by atomic mass is 16.2. The first-order valence-corrected chi connectivity index (χ1v) is 9.04. The van der Waals surface area contributed by atoms with Crippen molar-refractivity contribution in [3.63, 3.8) is 0 Å². The van der Waals surface area contributed by atoms with Gasteiger partial charge in [0, 0.05) is 24.5 Å². The van der Waals surface area contributed by atoms with Crippen molar-refractivity contribution in [3.05, 3.63) is 54.1 Å². The first-order chi connectivity index (χ1) is 12.9. The molecule has 0 aliphatic heterocycles. The van der Waals surface area contributed by atoms with Crippen LogP contribution >= 0.6 is 0 Å². The fraction of sp³-hybridized carbons (Fsp3) is 0.333. The maximum absolute atomic E-state index is 12.7. The van der Waals surface area contributed by atoms with Gasteiger partial charge in [0.15, 0.2) is 0 Å². The molecule has 1 atom stereocenters. The van der Waals surface area contributed by atoms with E-state index in [0.717, 1.165) is 28.8 Å². The highest BCUT2D eigenvalue weighted by molar-refractivity contribution is 5.95. The first-order valence-electron chi connectivity index (χ1n) is 9.04. The smallest absolute Gasteiger partial charge is 0.254 e. The third kappa shape index (κ3) is 3.74. The number of amides is 1. The van der Waals surface area contributed by atoms with Crippen LogP contribution in [0.4, 0.5) is 0 Å². The normalized spacial score (nSPS) is 12.3. The summed E-state index contributed by atoms with van der Waals surface area (Å²) in [7, 11) is 1.68. The van der Waals surface area contributed by atoms with Gasteiger partial charge in [0.05, 0.1) is 17.8 Å². The summed E-state index contributed by atoms with van der Waals surface area (Å²) in [5.41, 5.74) is 3.28. The van der Waals surface area contributed by atoms with Crippen molar-refractivity contribution >= 4 is 23.2 Å². The van der Waals surface area contributed by atoms with Crippen molar-refractivity contribution in [2.45, 2.75) is 33.2 Å². The van der Waals surface area contributed by atoms with Crippen molar-refractivity contribution in [1.29, 1.82) is 0 Å². The zero-order valence-electron chi connectivity index (χ0n) is 16.1. The lowest BCUT2D eigenvalue weighted by Crippen LogP contribution is -2.39. The number of aryl methyl sites for hydroxylation is 1. The summed E-state index contributed by atoms with van der Waals surface area (Å²) in [6.07, 6.45) is 4.97. The van der Waals surface area contributed by atoms with E-state index in [-0.39, 0.29) is 5.91 Å². The molecule has 0 saturated carbocycles. The van der Waals surface area contributed by atoms with Gasteiger partial charge in [-0.1, -0.05) is 13.8 Å². The molecule has 0 saturated heterocycles. The van der Waals surface area contributed by atoms with Gasteiger partial charge in [-0.15, -0.1) is 0 Å². The van der Waals surface area contributed by atoms with E-state index in [9.17, 15) is 9.59 Å². The van der Waals surface area contributed by atoms with Crippen LogP contribution in [0.1, 0.15) is 36.5 Å². The second kappa shape index (κ2) is 7.70. The van der Waals surface area contributed by atoms with Gasteiger partial charge in [0.2, 0.25) is 0 Å². The standard InChI is InChI=1S/C21H24N4O2/c1-14(2)11-18(13-26)24(4)21(27)16-5-7-17(8-6-16)25-15(3)23-19-12-22-10-9-20(19)25/h5-10,12-14,18H,11H2,1-4H3/t18-/m0/s1. The lowest BCUT2D eigenvalue weighted by atomic mass is 10.0. The van der Waals surface area contributed by atoms with E-state index in [4.69, 9.17) is 0 Å². The molecule has 27 heavy (non-hydrogen) atoms. The summed E-state index contributed by atoms with van der Waals surface area (Å²) in [5, 5.41) is 0. The minimum Gasteiger partial charge on any atom is -0.332 e. The lowest BCUT2D eigenvalue weighted by Gasteiger charge is -2.25. The van der Waals surface area contributed by atoms with Crippen molar-refractivity contribution in [3.8, 4) is 5.69 Å². The number of carbonyl (C=O) groups is 2. The van der Waals surface area contributed by atoms with Gasteiger partial charge in [-0.05, 0) is 49.6 Å². The summed E-state index contributed by atoms with van der Waals surface area (Å²) >= 11 is 0. The molecule has 0 bridgehead atoms. The van der Waals surface area contributed by atoms with Crippen LogP contribution in [0, 0.1) is 12.8 Å². The van der Waals surface area contributed by atoms with Crippen LogP contribution in [-0.2, 0) is 4.79 Å². The number of imidazole rings is 1. The lowest BCUT2D eigenvalue weighted by molar-refractivity contribution is -0.111. The maximum atomic E-state index is 12.7. The topological polar surface area (TPSA) is 68.1 Å². The highest BCUT2D eigenvalue weighted by Crippen LogP contribution is 2.21. The molecule has 3 aromatic rings. The van der Waals surface area contributed by atoms with Crippen LogP contribution in [0.15, 0.2) is 42.7 Å². The van der Waals surface area contributed by atoms with E-state index in [1.165, 1.54) is 4.90 Å². The molecular formula is C21H24N4O2. The number of aromatic nitrogens is 3. The minimum atomic E-state index is -0.412. The SMILES string of the molecule is Cc1nc2cnccc2n1-c1ccc(C(=O)N(C)[C@H](C=O)CC(C)C)cc1. The molecule has 0 aliphatic rings. The van der Waals surface area contributed by atoms with Crippen LogP contribution in [0.3, 0.4) is 0 Å². The Balaban J connectivity index is 1.87. The number of hydrogen-bond acceptors (Lipinski definition) is 4. The summed E-state index contributed by atoms with van der Waals surface area (Å²) in [6, 6.07) is 8.88. The summed E-state index contributed by atoms with van der Waals surface area (Å²) < 4.78 is 2.03. The summed E-state index contributed by atoms with van der Waals surface area (Å²) in [6.45, 7) is 6.02. The number of rotatable bonds is 6. The molecule has 0 radical (unpaired) electrons. The Labute approximate surface area is 158 Å². The van der Waals surface area contributed by atoms with Crippen LogP contribution in [0.25, 0.3) is 16.7 Å². The second-order valence-corrected chi connectivity index (χ2v) is 7.15. The Morgan fingerprint density at radius 1 is 1.22 bits per heavy atom. The average molecular weight is 364 g/mol. The zero-order valence-corrected chi connectivity index (χ0v) is 16.1. The molecule has 140 valence electrons. The second-order valence-electron chi connectivity index (χ2n) is 7.15. The van der Waals surface area contributed by atoms with Gasteiger partial charge < -0.3 is 9.69 Å². The van der Waals surface area contributed by atoms with Crippen LogP contribution in [0.2, 0.25) is 0 Å². The molecule has 3 rings (SSSR count). The Bertz CT molecular complexity index is 960. The predicted molar refractivity (Wildman–Crippen MR) is 105 cm³/mol. The van der Waals surface area contributed by atoms with E-state index >= 15 is 0 Å². The van der Waals surface area contributed by atoms with Gasteiger partial charge in [0.1, 0.15) is 17.6 Å². The largest absolute Gasteiger partial charge is 0.332 e. The van der Waals surface area contributed by atoms with Gasteiger partial charge in [-0.3, -0.25) is 14.3 Å². The Hall–Kier alpha value is -3.02. The van der Waals surface area contributed by atoms with Crippen LogP contribution in [0.5, 0.6) is 0 Å². The molecule has 0 aliphatic carbocycles. The Kier molecular flexibility index (Phi) is 5.35. The van der Waals surface area contributed by atoms with Gasteiger partial charge >= 0.3 is 0 Å². The molecule has 0 spiro atoms. The number of nitrogens with zero attached hydrogens (tertiary/aromatic N) is 4. The van der Waals surface area contributed by atoms with Crippen LogP contribution < -0.4 is 0 Å². The predicted octanol–water partition coefficient (Wildman–Crippen LogP) is 3.41. The average Bonchev–Trinajstić information content (AvgIpc) is 3.00. The Morgan fingerprint density at radius 3 is 2.56 bits per heavy atom. The van der Waals surface area contributed by atoms with E-state index in [1.54, 1.807) is 31.6 Å². The zero-order chi connectivity index (χ0) is 19.6. The number of hydrogen-bond donors (Lipinski definition) is 0. The molecule has 0 fully saturated rings. The summed E-state index contributed by atoms with van der Waals surface area (Å²) in [4.78, 5) is 34.3. The maximum Gasteiger partial charge on any atom is 0.254 e. The van der Waals surface area contributed by atoms with Crippen molar-refractivity contribution in [2.24, 2.45) is 5.92 Å². The number of likely N-dealkylation sites (N-methyl/N-ethyl adjacent to an activating group) is 1. The van der Waals surface area contributed by atoms with Gasteiger partial charge in [-0.25, -0.2) is 4.98 Å². The van der Waals surface area contributed by atoms with Gasteiger partial charge in [0.25, 0.3) is 5.91 Å². The van der Waals surface area contributed by atoms with E-state index < -0.39 is 6.04 Å². The third-order valence-corrected chi connectivity index (χ3v) is 4.68. The van der Waals surface area contributed by atoms with Crippen molar-refractivity contribution < 1.29 is 9.59 Å².